The molecule has 1 aromatic carbocycles. The average Bonchev–Trinajstić information content (AvgIpc) is 2.46. The zero-order chi connectivity index (χ0) is 15.7. The largest absolute Gasteiger partial charge is 0.399 e. The van der Waals surface area contributed by atoms with Gasteiger partial charge in [0.1, 0.15) is 0 Å². The van der Waals surface area contributed by atoms with Gasteiger partial charge < -0.3 is 5.73 Å². The Labute approximate surface area is 129 Å². The van der Waals surface area contributed by atoms with Crippen molar-refractivity contribution in [2.45, 2.75) is 57.3 Å². The summed E-state index contributed by atoms with van der Waals surface area (Å²) in [6.07, 6.45) is 6.12. The van der Waals surface area contributed by atoms with Gasteiger partial charge in [-0.2, -0.15) is 4.31 Å². The molecule has 0 aromatic heterocycles. The van der Waals surface area contributed by atoms with Crippen LogP contribution in [0.15, 0.2) is 29.2 Å². The highest BCUT2D eigenvalue weighted by molar-refractivity contribution is 7.89. The zero-order valence-electron chi connectivity index (χ0n) is 13.2. The maximum Gasteiger partial charge on any atom is 0.243 e. The molecular formula is C16H28N2O2S. The third-order valence-corrected chi connectivity index (χ3v) is 5.45. The van der Waals surface area contributed by atoms with Gasteiger partial charge in [-0.25, -0.2) is 8.42 Å². The van der Waals surface area contributed by atoms with Crippen LogP contribution < -0.4 is 5.73 Å². The lowest BCUT2D eigenvalue weighted by molar-refractivity contribution is 0.388. The van der Waals surface area contributed by atoms with E-state index in [0.717, 1.165) is 38.5 Å². The minimum atomic E-state index is -3.40. The third-order valence-electron chi connectivity index (χ3n) is 3.54. The van der Waals surface area contributed by atoms with Crippen molar-refractivity contribution in [3.05, 3.63) is 24.3 Å². The molecule has 0 saturated heterocycles. The first-order valence-electron chi connectivity index (χ1n) is 7.88. The number of hydrogen-bond acceptors (Lipinski definition) is 3. The quantitative estimate of drug-likeness (QED) is 0.530. The van der Waals surface area contributed by atoms with E-state index in [4.69, 9.17) is 5.73 Å². The van der Waals surface area contributed by atoms with E-state index < -0.39 is 10.0 Å². The van der Waals surface area contributed by atoms with Gasteiger partial charge in [-0.05, 0) is 37.1 Å². The van der Waals surface area contributed by atoms with Crippen molar-refractivity contribution in [3.63, 3.8) is 0 Å². The normalized spacial score (nSPS) is 12.0. The van der Waals surface area contributed by atoms with E-state index in [9.17, 15) is 8.42 Å². The fraction of sp³-hybridized carbons (Fsp3) is 0.625. The number of sulfonamides is 1. The highest BCUT2D eigenvalue weighted by atomic mass is 32.2. The summed E-state index contributed by atoms with van der Waals surface area (Å²) in [4.78, 5) is 0.338. The van der Waals surface area contributed by atoms with E-state index in [0.29, 0.717) is 23.7 Å². The summed E-state index contributed by atoms with van der Waals surface area (Å²) in [7, 11) is -3.40. The molecule has 1 aromatic rings. The van der Waals surface area contributed by atoms with E-state index in [2.05, 4.69) is 13.8 Å². The van der Waals surface area contributed by atoms with Gasteiger partial charge in [-0.15, -0.1) is 0 Å². The number of nitrogens with two attached hydrogens (primary N) is 1. The van der Waals surface area contributed by atoms with Crippen LogP contribution in [0.1, 0.15) is 52.4 Å². The van der Waals surface area contributed by atoms with Gasteiger partial charge in [0.15, 0.2) is 0 Å². The summed E-state index contributed by atoms with van der Waals surface area (Å²) in [6.45, 7) is 5.44. The van der Waals surface area contributed by atoms with Crippen molar-refractivity contribution in [2.75, 3.05) is 18.8 Å². The van der Waals surface area contributed by atoms with Crippen molar-refractivity contribution in [3.8, 4) is 0 Å². The summed E-state index contributed by atoms with van der Waals surface area (Å²) in [5.41, 5.74) is 6.22. The van der Waals surface area contributed by atoms with Gasteiger partial charge in [0, 0.05) is 18.8 Å². The summed E-state index contributed by atoms with van der Waals surface area (Å²) >= 11 is 0. The molecular weight excluding hydrogens is 284 g/mol. The molecule has 2 N–H and O–H groups in total. The van der Waals surface area contributed by atoms with Crippen LogP contribution in [-0.4, -0.2) is 25.8 Å². The minimum absolute atomic E-state index is 0.338. The second kappa shape index (κ2) is 9.05. The molecule has 0 spiro atoms. The van der Waals surface area contributed by atoms with E-state index in [-0.39, 0.29) is 0 Å². The Bertz CT molecular complexity index is 488. The van der Waals surface area contributed by atoms with E-state index in [1.165, 1.54) is 0 Å². The molecule has 0 aliphatic rings. The lowest BCUT2D eigenvalue weighted by Gasteiger charge is -2.22. The van der Waals surface area contributed by atoms with Crippen molar-refractivity contribution in [1.29, 1.82) is 0 Å². The smallest absolute Gasteiger partial charge is 0.243 e. The summed E-state index contributed by atoms with van der Waals surface area (Å²) in [5, 5.41) is 0. The average molecular weight is 312 g/mol. The van der Waals surface area contributed by atoms with Crippen LogP contribution in [-0.2, 0) is 10.0 Å². The van der Waals surface area contributed by atoms with Crippen molar-refractivity contribution < 1.29 is 8.42 Å². The molecule has 120 valence electrons. The third kappa shape index (κ3) is 5.67. The molecule has 0 saturated carbocycles. The Hall–Kier alpha value is -1.07. The number of nitrogens with zero attached hydrogens (tertiary/aromatic N) is 1. The minimum Gasteiger partial charge on any atom is -0.399 e. The van der Waals surface area contributed by atoms with Gasteiger partial charge >= 0.3 is 0 Å². The first kappa shape index (κ1) is 18.0. The molecule has 5 heteroatoms. The van der Waals surface area contributed by atoms with Gasteiger partial charge in [-0.3, -0.25) is 0 Å². The lowest BCUT2D eigenvalue weighted by Crippen LogP contribution is -2.33. The molecule has 0 amide bonds. The first-order chi connectivity index (χ1) is 10.0. The number of benzene rings is 1. The summed E-state index contributed by atoms with van der Waals surface area (Å²) in [5.74, 6) is 0. The molecule has 0 aliphatic carbocycles. The maximum atomic E-state index is 12.7. The molecule has 0 radical (unpaired) electrons. The molecule has 21 heavy (non-hydrogen) atoms. The van der Waals surface area contributed by atoms with E-state index >= 15 is 0 Å². The van der Waals surface area contributed by atoms with Crippen LogP contribution in [0.4, 0.5) is 5.69 Å². The molecule has 4 nitrogen and oxygen atoms in total. The molecule has 0 fully saturated rings. The van der Waals surface area contributed by atoms with Crippen LogP contribution in [0.3, 0.4) is 0 Å². The molecule has 0 heterocycles. The maximum absolute atomic E-state index is 12.7. The SMILES string of the molecule is CCCCCN(CCCCC)S(=O)(=O)c1ccc(N)cc1. The second-order valence-corrected chi connectivity index (χ2v) is 7.33. The van der Waals surface area contributed by atoms with Crippen LogP contribution in [0, 0.1) is 0 Å². The Balaban J connectivity index is 2.84. The van der Waals surface area contributed by atoms with Crippen molar-refractivity contribution in [1.82, 2.24) is 4.31 Å². The number of nitrogen functional groups attached to an aromatic ring is 1. The molecule has 0 atom stereocenters. The monoisotopic (exact) mass is 312 g/mol. The predicted octanol–water partition coefficient (Wildman–Crippen LogP) is 3.64. The fourth-order valence-electron chi connectivity index (χ4n) is 2.22. The molecule has 0 aliphatic heterocycles. The highest BCUT2D eigenvalue weighted by Gasteiger charge is 2.23. The lowest BCUT2D eigenvalue weighted by atomic mass is 10.2. The van der Waals surface area contributed by atoms with Crippen LogP contribution in [0.25, 0.3) is 0 Å². The van der Waals surface area contributed by atoms with Crippen molar-refractivity contribution in [2.24, 2.45) is 0 Å². The van der Waals surface area contributed by atoms with Gasteiger partial charge in [-0.1, -0.05) is 39.5 Å². The Morgan fingerprint density at radius 2 is 1.38 bits per heavy atom. The molecule has 0 unspecified atom stereocenters. The van der Waals surface area contributed by atoms with Gasteiger partial charge in [0.05, 0.1) is 4.90 Å². The number of unbranched alkanes of at least 4 members (excludes halogenated alkanes) is 4. The Morgan fingerprint density at radius 3 is 1.81 bits per heavy atom. The number of hydrogen-bond donors (Lipinski definition) is 1. The highest BCUT2D eigenvalue weighted by Crippen LogP contribution is 2.19. The predicted molar refractivity (Wildman–Crippen MR) is 88.7 cm³/mol. The Kier molecular flexibility index (Phi) is 7.75. The second-order valence-electron chi connectivity index (χ2n) is 5.39. The zero-order valence-corrected chi connectivity index (χ0v) is 14.0. The van der Waals surface area contributed by atoms with Crippen LogP contribution in [0.5, 0.6) is 0 Å². The van der Waals surface area contributed by atoms with Gasteiger partial charge in [0.2, 0.25) is 10.0 Å². The van der Waals surface area contributed by atoms with Crippen LogP contribution >= 0.6 is 0 Å². The summed E-state index contributed by atoms with van der Waals surface area (Å²) in [6, 6.07) is 6.47. The van der Waals surface area contributed by atoms with Crippen LogP contribution in [0.2, 0.25) is 0 Å². The molecule has 0 bridgehead atoms. The first-order valence-corrected chi connectivity index (χ1v) is 9.32. The number of anilines is 1. The molecule has 1 rings (SSSR count). The fourth-order valence-corrected chi connectivity index (χ4v) is 3.73. The Morgan fingerprint density at radius 1 is 0.905 bits per heavy atom. The number of rotatable bonds is 10. The van der Waals surface area contributed by atoms with Crippen molar-refractivity contribution >= 4 is 15.7 Å². The van der Waals surface area contributed by atoms with Gasteiger partial charge in [0.25, 0.3) is 0 Å². The summed E-state index contributed by atoms with van der Waals surface area (Å²) < 4.78 is 27.1. The van der Waals surface area contributed by atoms with E-state index in [1.54, 1.807) is 28.6 Å². The standard InChI is InChI=1S/C16H28N2O2S/c1-3-5-7-13-18(14-8-6-4-2)21(19,20)16-11-9-15(17)10-12-16/h9-12H,3-8,13-14,17H2,1-2H3. The van der Waals surface area contributed by atoms with E-state index in [1.807, 2.05) is 0 Å². The topological polar surface area (TPSA) is 63.4 Å².